The molecule has 1 heterocycles. The van der Waals surface area contributed by atoms with Crippen LogP contribution in [0.3, 0.4) is 0 Å². The molecule has 138 valence electrons. The van der Waals surface area contributed by atoms with Crippen LogP contribution < -0.4 is 4.90 Å². The van der Waals surface area contributed by atoms with Gasteiger partial charge in [-0.3, -0.25) is 4.79 Å². The fourth-order valence-corrected chi connectivity index (χ4v) is 2.88. The van der Waals surface area contributed by atoms with Gasteiger partial charge in [-0.25, -0.2) is 4.98 Å². The molecule has 0 aliphatic carbocycles. The largest absolute Gasteiger partial charge is 0.466 e. The molecule has 2 aromatic rings. The van der Waals surface area contributed by atoms with E-state index in [0.29, 0.717) is 39.0 Å². The average Bonchev–Trinajstić information content (AvgIpc) is 2.91. The molecule has 25 heavy (non-hydrogen) atoms. The SMILES string of the molecule is CCOC(=O)CCCc1nc2ccc(N(CCO)CCO)cc2n1C. The van der Waals surface area contributed by atoms with Crippen molar-refractivity contribution >= 4 is 22.7 Å². The molecule has 0 bridgehead atoms. The number of aliphatic hydroxyl groups is 2. The first-order valence-corrected chi connectivity index (χ1v) is 8.68. The summed E-state index contributed by atoms with van der Waals surface area (Å²) in [6.45, 7) is 3.21. The number of aliphatic hydroxyl groups excluding tert-OH is 2. The standard InChI is InChI=1S/C18H27N3O4/c1-3-25-18(24)6-4-5-17-19-15-8-7-14(13-16(15)20(17)2)21(9-11-22)10-12-23/h7-8,13,22-23H,3-6,9-12H2,1-2H3. The molecule has 0 saturated carbocycles. The molecule has 0 saturated heterocycles. The van der Waals surface area contributed by atoms with Crippen molar-refractivity contribution < 1.29 is 19.7 Å². The third-order valence-corrected chi connectivity index (χ3v) is 4.15. The van der Waals surface area contributed by atoms with Gasteiger partial charge in [-0.1, -0.05) is 0 Å². The number of aromatic nitrogens is 2. The van der Waals surface area contributed by atoms with Crippen molar-refractivity contribution in [2.24, 2.45) is 7.05 Å². The Labute approximate surface area is 147 Å². The highest BCUT2D eigenvalue weighted by Gasteiger charge is 2.12. The first kappa shape index (κ1) is 19.2. The number of hydrogen-bond acceptors (Lipinski definition) is 6. The summed E-state index contributed by atoms with van der Waals surface area (Å²) in [6.07, 6.45) is 1.80. The minimum Gasteiger partial charge on any atom is -0.466 e. The van der Waals surface area contributed by atoms with Crippen LogP contribution in [0.15, 0.2) is 18.2 Å². The Morgan fingerprint density at radius 1 is 1.28 bits per heavy atom. The number of ether oxygens (including phenoxy) is 1. The molecule has 0 aliphatic rings. The molecule has 0 spiro atoms. The Balaban J connectivity index is 2.14. The number of nitrogens with zero attached hydrogens (tertiary/aromatic N) is 3. The second-order valence-corrected chi connectivity index (χ2v) is 5.85. The Morgan fingerprint density at radius 2 is 2.00 bits per heavy atom. The number of carbonyl (C=O) groups is 1. The predicted molar refractivity (Wildman–Crippen MR) is 96.7 cm³/mol. The third kappa shape index (κ3) is 4.93. The maximum atomic E-state index is 11.4. The van der Waals surface area contributed by atoms with E-state index < -0.39 is 0 Å². The summed E-state index contributed by atoms with van der Waals surface area (Å²) in [6, 6.07) is 5.91. The summed E-state index contributed by atoms with van der Waals surface area (Å²) in [7, 11) is 1.96. The molecule has 0 unspecified atom stereocenters. The van der Waals surface area contributed by atoms with E-state index in [2.05, 4.69) is 4.98 Å². The lowest BCUT2D eigenvalue weighted by atomic mass is 10.2. The van der Waals surface area contributed by atoms with E-state index in [1.165, 1.54) is 0 Å². The van der Waals surface area contributed by atoms with Crippen LogP contribution in [0.4, 0.5) is 5.69 Å². The number of rotatable bonds is 10. The van der Waals surface area contributed by atoms with Gasteiger partial charge in [0.2, 0.25) is 0 Å². The Morgan fingerprint density at radius 3 is 2.64 bits per heavy atom. The van der Waals surface area contributed by atoms with Crippen LogP contribution in [0.5, 0.6) is 0 Å². The zero-order chi connectivity index (χ0) is 18.2. The van der Waals surface area contributed by atoms with Crippen molar-refractivity contribution in [2.45, 2.75) is 26.2 Å². The van der Waals surface area contributed by atoms with E-state index in [4.69, 9.17) is 4.74 Å². The van der Waals surface area contributed by atoms with E-state index in [0.717, 1.165) is 22.5 Å². The normalized spacial score (nSPS) is 11.0. The number of carbonyl (C=O) groups excluding carboxylic acids is 1. The second-order valence-electron chi connectivity index (χ2n) is 5.85. The number of imidazole rings is 1. The van der Waals surface area contributed by atoms with Gasteiger partial charge in [-0.2, -0.15) is 0 Å². The van der Waals surface area contributed by atoms with Gasteiger partial charge in [-0.05, 0) is 31.5 Å². The highest BCUT2D eigenvalue weighted by Crippen LogP contribution is 2.23. The van der Waals surface area contributed by atoms with Gasteiger partial charge in [0.05, 0.1) is 30.9 Å². The van der Waals surface area contributed by atoms with E-state index in [-0.39, 0.29) is 19.2 Å². The fourth-order valence-electron chi connectivity index (χ4n) is 2.88. The number of anilines is 1. The van der Waals surface area contributed by atoms with Gasteiger partial charge in [0.1, 0.15) is 5.82 Å². The van der Waals surface area contributed by atoms with Crippen LogP contribution >= 0.6 is 0 Å². The van der Waals surface area contributed by atoms with Gasteiger partial charge in [0.25, 0.3) is 0 Å². The minimum atomic E-state index is -0.174. The summed E-state index contributed by atoms with van der Waals surface area (Å²) >= 11 is 0. The van der Waals surface area contributed by atoms with Crippen molar-refractivity contribution in [1.29, 1.82) is 0 Å². The molecule has 0 amide bonds. The summed E-state index contributed by atoms with van der Waals surface area (Å²) in [5.74, 6) is 0.750. The highest BCUT2D eigenvalue weighted by molar-refractivity contribution is 5.80. The quantitative estimate of drug-likeness (QED) is 0.628. The van der Waals surface area contributed by atoms with Crippen LogP contribution in [-0.2, 0) is 23.0 Å². The van der Waals surface area contributed by atoms with Crippen molar-refractivity contribution in [2.75, 3.05) is 37.8 Å². The lowest BCUT2D eigenvalue weighted by Gasteiger charge is -2.23. The highest BCUT2D eigenvalue weighted by atomic mass is 16.5. The molecule has 7 heteroatoms. The smallest absolute Gasteiger partial charge is 0.305 e. The molecule has 2 N–H and O–H groups in total. The first-order valence-electron chi connectivity index (χ1n) is 8.68. The average molecular weight is 349 g/mol. The number of aryl methyl sites for hydroxylation is 2. The van der Waals surface area contributed by atoms with E-state index in [1.54, 1.807) is 6.92 Å². The molecule has 0 fully saturated rings. The Kier molecular flexibility index (Phi) is 7.21. The van der Waals surface area contributed by atoms with Crippen molar-refractivity contribution in [3.05, 3.63) is 24.0 Å². The molecule has 7 nitrogen and oxygen atoms in total. The van der Waals surface area contributed by atoms with Gasteiger partial charge in [0, 0.05) is 38.7 Å². The molecular weight excluding hydrogens is 322 g/mol. The summed E-state index contributed by atoms with van der Waals surface area (Å²) in [5.41, 5.74) is 2.83. The number of esters is 1. The molecule has 0 atom stereocenters. The van der Waals surface area contributed by atoms with E-state index in [1.807, 2.05) is 34.7 Å². The monoisotopic (exact) mass is 349 g/mol. The van der Waals surface area contributed by atoms with Crippen LogP contribution in [0, 0.1) is 0 Å². The van der Waals surface area contributed by atoms with Gasteiger partial charge >= 0.3 is 5.97 Å². The lowest BCUT2D eigenvalue weighted by Crippen LogP contribution is -2.29. The van der Waals surface area contributed by atoms with Gasteiger partial charge < -0.3 is 24.4 Å². The molecule has 0 aliphatic heterocycles. The van der Waals surface area contributed by atoms with Crippen LogP contribution in [0.1, 0.15) is 25.6 Å². The fraction of sp³-hybridized carbons (Fsp3) is 0.556. The predicted octanol–water partition coefficient (Wildman–Crippen LogP) is 1.25. The summed E-state index contributed by atoms with van der Waals surface area (Å²) < 4.78 is 6.97. The first-order chi connectivity index (χ1) is 12.1. The van der Waals surface area contributed by atoms with Crippen molar-refractivity contribution in [1.82, 2.24) is 9.55 Å². The van der Waals surface area contributed by atoms with Crippen molar-refractivity contribution in [3.8, 4) is 0 Å². The van der Waals surface area contributed by atoms with Crippen LogP contribution in [0.25, 0.3) is 11.0 Å². The molecule has 0 radical (unpaired) electrons. The van der Waals surface area contributed by atoms with Crippen LogP contribution in [0.2, 0.25) is 0 Å². The Bertz CT molecular complexity index is 693. The second kappa shape index (κ2) is 9.39. The zero-order valence-electron chi connectivity index (χ0n) is 14.9. The number of hydrogen-bond donors (Lipinski definition) is 2. The number of fused-ring (bicyclic) bond motifs is 1. The third-order valence-electron chi connectivity index (χ3n) is 4.15. The van der Waals surface area contributed by atoms with Crippen molar-refractivity contribution in [3.63, 3.8) is 0 Å². The maximum Gasteiger partial charge on any atom is 0.305 e. The Hall–Kier alpha value is -2.12. The number of benzene rings is 1. The molecular formula is C18H27N3O4. The summed E-state index contributed by atoms with van der Waals surface area (Å²) in [4.78, 5) is 18.0. The molecule has 2 rings (SSSR count). The van der Waals surface area contributed by atoms with E-state index in [9.17, 15) is 15.0 Å². The molecule has 1 aromatic heterocycles. The zero-order valence-corrected chi connectivity index (χ0v) is 14.9. The molecule has 1 aromatic carbocycles. The lowest BCUT2D eigenvalue weighted by molar-refractivity contribution is -0.143. The summed E-state index contributed by atoms with van der Waals surface area (Å²) in [5, 5.41) is 18.4. The van der Waals surface area contributed by atoms with Gasteiger partial charge in [-0.15, -0.1) is 0 Å². The topological polar surface area (TPSA) is 87.8 Å². The minimum absolute atomic E-state index is 0.0303. The van der Waals surface area contributed by atoms with E-state index >= 15 is 0 Å². The van der Waals surface area contributed by atoms with Gasteiger partial charge in [0.15, 0.2) is 0 Å². The van der Waals surface area contributed by atoms with Crippen LogP contribution in [-0.4, -0.2) is 58.6 Å². The maximum absolute atomic E-state index is 11.4.